The number of rotatable bonds is 6. The summed E-state index contributed by atoms with van der Waals surface area (Å²) in [4.78, 5) is 17.6. The summed E-state index contributed by atoms with van der Waals surface area (Å²) in [5.41, 5.74) is -1.06. The van der Waals surface area contributed by atoms with E-state index in [0.29, 0.717) is 12.8 Å². The molecule has 8 heteroatoms. The van der Waals surface area contributed by atoms with Gasteiger partial charge in [-0.05, 0) is 12.5 Å². The van der Waals surface area contributed by atoms with Gasteiger partial charge in [-0.2, -0.15) is 13.2 Å². The minimum absolute atomic E-state index is 0.201. The van der Waals surface area contributed by atoms with Gasteiger partial charge in [0.05, 0.1) is 6.42 Å². The number of aromatic nitrogens is 2. The van der Waals surface area contributed by atoms with E-state index in [1.807, 2.05) is 6.92 Å². The van der Waals surface area contributed by atoms with Crippen LogP contribution in [0.1, 0.15) is 31.9 Å². The smallest absolute Gasteiger partial charge is 0.433 e. The van der Waals surface area contributed by atoms with E-state index in [2.05, 4.69) is 15.3 Å². The van der Waals surface area contributed by atoms with Crippen molar-refractivity contribution in [1.82, 2.24) is 9.97 Å². The number of hydrogen-bond acceptors (Lipinski definition) is 4. The molecule has 0 amide bonds. The van der Waals surface area contributed by atoms with Gasteiger partial charge in [0, 0.05) is 12.2 Å². The Bertz CT molecular complexity index is 437. The number of nitrogens with zero attached hydrogens (tertiary/aromatic N) is 2. The zero-order chi connectivity index (χ0) is 14.5. The minimum atomic E-state index is -4.55. The number of carbonyl (C=O) groups is 1. The second-order valence-corrected chi connectivity index (χ2v) is 3.99. The number of anilines is 1. The molecule has 0 aliphatic heterocycles. The summed E-state index contributed by atoms with van der Waals surface area (Å²) in [7, 11) is 0. The molecule has 0 fully saturated rings. The van der Waals surface area contributed by atoms with E-state index in [4.69, 9.17) is 5.11 Å². The summed E-state index contributed by atoms with van der Waals surface area (Å²) in [5.74, 6) is -1.24. The molecule has 0 aromatic carbocycles. The summed E-state index contributed by atoms with van der Waals surface area (Å²) in [6.45, 7) is 1.85. The molecule has 0 spiro atoms. The molecule has 0 saturated heterocycles. The second-order valence-electron chi connectivity index (χ2n) is 3.99. The maximum absolute atomic E-state index is 12.5. The zero-order valence-electron chi connectivity index (χ0n) is 10.2. The number of nitrogens with one attached hydrogen (secondary N) is 1. The summed E-state index contributed by atoms with van der Waals surface area (Å²) in [6, 6.07) is 0.267. The Morgan fingerprint density at radius 2 is 2.21 bits per heavy atom. The third-order valence-electron chi connectivity index (χ3n) is 2.34. The number of hydrogen-bond donors (Lipinski definition) is 2. The zero-order valence-corrected chi connectivity index (χ0v) is 10.2. The molecule has 0 bridgehead atoms. The number of alkyl halides is 3. The van der Waals surface area contributed by atoms with Crippen LogP contribution in [0.2, 0.25) is 0 Å². The molecule has 1 aromatic heterocycles. The number of aliphatic carboxylic acids is 1. The van der Waals surface area contributed by atoms with Crippen molar-refractivity contribution in [1.29, 1.82) is 0 Å². The molecule has 2 N–H and O–H groups in total. The lowest BCUT2D eigenvalue weighted by molar-refractivity contribution is -0.141. The highest BCUT2D eigenvalue weighted by Gasteiger charge is 2.32. The quantitative estimate of drug-likeness (QED) is 0.835. The molecule has 19 heavy (non-hydrogen) atoms. The molecule has 1 heterocycles. The van der Waals surface area contributed by atoms with Gasteiger partial charge in [-0.25, -0.2) is 9.97 Å². The van der Waals surface area contributed by atoms with Gasteiger partial charge in [0.1, 0.15) is 5.69 Å². The largest absolute Gasteiger partial charge is 0.481 e. The summed E-state index contributed by atoms with van der Waals surface area (Å²) >= 11 is 0. The van der Waals surface area contributed by atoms with Crippen molar-refractivity contribution in [2.24, 2.45) is 0 Å². The van der Waals surface area contributed by atoms with Crippen molar-refractivity contribution in [3.05, 3.63) is 18.0 Å². The third kappa shape index (κ3) is 5.11. The van der Waals surface area contributed by atoms with Crippen LogP contribution in [0.3, 0.4) is 0 Å². The van der Waals surface area contributed by atoms with Crippen LogP contribution in [0, 0.1) is 0 Å². The first kappa shape index (κ1) is 15.2. The van der Waals surface area contributed by atoms with Crippen LogP contribution in [0.5, 0.6) is 0 Å². The van der Waals surface area contributed by atoms with E-state index in [1.165, 1.54) is 0 Å². The first-order valence-electron chi connectivity index (χ1n) is 5.71. The van der Waals surface area contributed by atoms with Crippen LogP contribution in [0.25, 0.3) is 0 Å². The second kappa shape index (κ2) is 6.35. The lowest BCUT2D eigenvalue weighted by Crippen LogP contribution is -2.24. The molecule has 0 aliphatic rings. The molecule has 1 aromatic rings. The molecule has 0 aliphatic carbocycles. The van der Waals surface area contributed by atoms with Crippen molar-refractivity contribution in [2.75, 3.05) is 5.32 Å². The first-order valence-corrected chi connectivity index (χ1v) is 5.71. The van der Waals surface area contributed by atoms with Gasteiger partial charge in [-0.3, -0.25) is 4.79 Å². The van der Waals surface area contributed by atoms with Gasteiger partial charge < -0.3 is 10.4 Å². The highest BCUT2D eigenvalue weighted by molar-refractivity contribution is 5.68. The fraction of sp³-hybridized carbons (Fsp3) is 0.545. The van der Waals surface area contributed by atoms with E-state index >= 15 is 0 Å². The van der Waals surface area contributed by atoms with E-state index in [1.54, 1.807) is 0 Å². The monoisotopic (exact) mass is 277 g/mol. The number of carboxylic acid groups (broad SMARTS) is 1. The SMILES string of the molecule is CCCC(CC(=O)O)Nc1nccc(C(F)(F)F)n1. The Labute approximate surface area is 107 Å². The Morgan fingerprint density at radius 1 is 1.53 bits per heavy atom. The predicted octanol–water partition coefficient (Wildman–Crippen LogP) is 2.55. The normalized spacial score (nSPS) is 13.1. The van der Waals surface area contributed by atoms with Gasteiger partial charge in [-0.1, -0.05) is 13.3 Å². The summed E-state index contributed by atoms with van der Waals surface area (Å²) in [5, 5.41) is 11.3. The Balaban J connectivity index is 2.81. The maximum atomic E-state index is 12.5. The fourth-order valence-corrected chi connectivity index (χ4v) is 1.55. The Hall–Kier alpha value is -1.86. The average molecular weight is 277 g/mol. The van der Waals surface area contributed by atoms with Crippen LogP contribution >= 0.6 is 0 Å². The highest BCUT2D eigenvalue weighted by Crippen LogP contribution is 2.27. The van der Waals surface area contributed by atoms with Crippen LogP contribution in [0.4, 0.5) is 19.1 Å². The molecule has 0 saturated carbocycles. The fourth-order valence-electron chi connectivity index (χ4n) is 1.55. The van der Waals surface area contributed by atoms with Gasteiger partial charge in [0.25, 0.3) is 0 Å². The average Bonchev–Trinajstić information content (AvgIpc) is 2.27. The lowest BCUT2D eigenvalue weighted by atomic mass is 10.1. The topological polar surface area (TPSA) is 75.1 Å². The molecule has 0 radical (unpaired) electrons. The number of carboxylic acids is 1. The van der Waals surface area contributed by atoms with Crippen molar-refractivity contribution < 1.29 is 23.1 Å². The third-order valence-corrected chi connectivity index (χ3v) is 2.34. The summed E-state index contributed by atoms with van der Waals surface area (Å²) in [6.07, 6.45) is -2.56. The molecule has 1 atom stereocenters. The van der Waals surface area contributed by atoms with Crippen LogP contribution < -0.4 is 5.32 Å². The van der Waals surface area contributed by atoms with Crippen molar-refractivity contribution in [2.45, 2.75) is 38.4 Å². The summed E-state index contributed by atoms with van der Waals surface area (Å²) < 4.78 is 37.4. The molecule has 5 nitrogen and oxygen atoms in total. The van der Waals surface area contributed by atoms with Gasteiger partial charge >= 0.3 is 12.1 Å². The molecule has 1 rings (SSSR count). The van der Waals surface area contributed by atoms with Crippen LogP contribution in [-0.2, 0) is 11.0 Å². The van der Waals surface area contributed by atoms with Gasteiger partial charge in [0.2, 0.25) is 5.95 Å². The van der Waals surface area contributed by atoms with Crippen molar-refractivity contribution in [3.8, 4) is 0 Å². The van der Waals surface area contributed by atoms with E-state index < -0.39 is 23.9 Å². The van der Waals surface area contributed by atoms with E-state index in [9.17, 15) is 18.0 Å². The predicted molar refractivity (Wildman–Crippen MR) is 61.6 cm³/mol. The molecule has 1 unspecified atom stereocenters. The maximum Gasteiger partial charge on any atom is 0.433 e. The first-order chi connectivity index (χ1) is 8.82. The van der Waals surface area contributed by atoms with Gasteiger partial charge in [-0.15, -0.1) is 0 Å². The van der Waals surface area contributed by atoms with E-state index in [-0.39, 0.29) is 12.4 Å². The van der Waals surface area contributed by atoms with Crippen LogP contribution in [0.15, 0.2) is 12.3 Å². The lowest BCUT2D eigenvalue weighted by Gasteiger charge is -2.16. The number of halogens is 3. The van der Waals surface area contributed by atoms with Gasteiger partial charge in [0.15, 0.2) is 0 Å². The molecular weight excluding hydrogens is 263 g/mol. The van der Waals surface area contributed by atoms with Crippen molar-refractivity contribution >= 4 is 11.9 Å². The minimum Gasteiger partial charge on any atom is -0.481 e. The highest BCUT2D eigenvalue weighted by atomic mass is 19.4. The van der Waals surface area contributed by atoms with E-state index in [0.717, 1.165) is 12.3 Å². The van der Waals surface area contributed by atoms with Crippen LogP contribution in [-0.4, -0.2) is 27.1 Å². The Kier molecular flexibility index (Phi) is 5.08. The molecular formula is C11H14F3N3O2. The van der Waals surface area contributed by atoms with Crippen molar-refractivity contribution in [3.63, 3.8) is 0 Å². The molecule has 106 valence electrons. The Morgan fingerprint density at radius 3 is 2.74 bits per heavy atom. The standard InChI is InChI=1S/C11H14F3N3O2/c1-2-3-7(6-9(18)19)16-10-15-5-4-8(17-10)11(12,13)14/h4-5,7H,2-3,6H2,1H3,(H,18,19)(H,15,16,17).